The normalized spacial score (nSPS) is 17.0. The summed E-state index contributed by atoms with van der Waals surface area (Å²) in [5, 5.41) is 9.64. The lowest BCUT2D eigenvalue weighted by Gasteiger charge is -2.29. The number of amides is 2. The molecule has 2 aliphatic heterocycles. The Hall–Kier alpha value is -4.89. The van der Waals surface area contributed by atoms with Gasteiger partial charge in [-0.25, -0.2) is 20.4 Å². The molecular weight excluding hydrogens is 978 g/mol. The third kappa shape index (κ3) is 10.9. The SMILES string of the molecule is CC(C)I.CC1SC(=O)N(C(C)C)N=C1c1ccc2c(c1)nc(-c1cccc(C(F)(F)F)c1)n2C.CC1SC(=O)NN=C1c1ccc2c(c1)nc(-c1cccc(C(F)(F)F)c1)n2C. The molecular formula is C44H43F6IN8O2S2. The van der Waals surface area contributed by atoms with E-state index >= 15 is 0 Å². The summed E-state index contributed by atoms with van der Waals surface area (Å²) in [7, 11) is 3.54. The zero-order valence-electron chi connectivity index (χ0n) is 35.3. The van der Waals surface area contributed by atoms with Gasteiger partial charge in [0.1, 0.15) is 11.6 Å². The van der Waals surface area contributed by atoms with Crippen molar-refractivity contribution in [3.05, 3.63) is 107 Å². The van der Waals surface area contributed by atoms with Crippen LogP contribution in [-0.2, 0) is 26.4 Å². The highest BCUT2D eigenvalue weighted by Gasteiger charge is 2.33. The van der Waals surface area contributed by atoms with Crippen molar-refractivity contribution in [1.29, 1.82) is 0 Å². The summed E-state index contributed by atoms with van der Waals surface area (Å²) in [5.41, 5.74) is 7.82. The van der Waals surface area contributed by atoms with Gasteiger partial charge < -0.3 is 9.13 Å². The number of rotatable bonds is 5. The van der Waals surface area contributed by atoms with E-state index in [0.29, 0.717) is 33.8 Å². The highest BCUT2D eigenvalue weighted by molar-refractivity contribution is 14.1. The predicted octanol–water partition coefficient (Wildman–Crippen LogP) is 12.6. The molecule has 2 aliphatic rings. The first-order chi connectivity index (χ1) is 29.5. The molecule has 332 valence electrons. The molecule has 2 unspecified atom stereocenters. The van der Waals surface area contributed by atoms with Gasteiger partial charge >= 0.3 is 17.6 Å². The lowest BCUT2D eigenvalue weighted by molar-refractivity contribution is -0.138. The minimum Gasteiger partial charge on any atom is -0.327 e. The number of aromatic nitrogens is 4. The number of nitrogens with one attached hydrogen (secondary N) is 1. The maximum atomic E-state index is 13.1. The standard InChI is InChI=1S/C22H21F3N4OS.C19H15F3N4OS.C3H7I/c1-12(2)29-21(30)31-13(3)19(27-29)14-8-9-18-17(11-14)26-20(28(18)4)15-6-5-7-16(10-15)22(23,24)25;1-10-16(24-25-18(27)28-10)11-6-7-15-14(9-11)23-17(26(15)2)12-4-3-5-13(8-12)19(20,21)22;1-3(2)4/h5-13H,1-4H3;3-10H,1-2H3,(H,25,27);3H,1-2H3. The van der Waals surface area contributed by atoms with Crippen molar-refractivity contribution in [2.24, 2.45) is 24.3 Å². The molecule has 0 bridgehead atoms. The fourth-order valence-corrected chi connectivity index (χ4v) is 8.44. The van der Waals surface area contributed by atoms with Gasteiger partial charge in [0.2, 0.25) is 0 Å². The number of hydrazone groups is 2. The topological polar surface area (TPSA) is 110 Å². The molecule has 10 nitrogen and oxygen atoms in total. The number of alkyl halides is 7. The summed E-state index contributed by atoms with van der Waals surface area (Å²) < 4.78 is 82.8. The van der Waals surface area contributed by atoms with Crippen LogP contribution in [0.15, 0.2) is 95.1 Å². The number of nitrogens with zero attached hydrogens (tertiary/aromatic N) is 7. The number of aryl methyl sites for hydroxylation is 2. The zero-order valence-corrected chi connectivity index (χ0v) is 39.1. The molecule has 19 heteroatoms. The Morgan fingerprint density at radius 1 is 0.651 bits per heavy atom. The van der Waals surface area contributed by atoms with Gasteiger partial charge in [0.25, 0.3) is 5.24 Å². The van der Waals surface area contributed by atoms with Crippen LogP contribution >= 0.6 is 46.1 Å². The summed E-state index contributed by atoms with van der Waals surface area (Å²) in [6.45, 7) is 11.9. The second kappa shape index (κ2) is 19.1. The minimum atomic E-state index is -4.42. The molecule has 0 fully saturated rings. The van der Waals surface area contributed by atoms with E-state index in [-0.39, 0.29) is 27.0 Å². The molecule has 8 rings (SSSR count). The van der Waals surface area contributed by atoms with E-state index in [0.717, 1.165) is 73.5 Å². The monoisotopic (exact) mass is 1020 g/mol. The molecule has 4 heterocycles. The summed E-state index contributed by atoms with van der Waals surface area (Å²) in [6.07, 6.45) is -8.83. The van der Waals surface area contributed by atoms with Gasteiger partial charge in [-0.2, -0.15) is 36.5 Å². The molecule has 1 N–H and O–H groups in total. The second-order valence-electron chi connectivity index (χ2n) is 15.2. The van der Waals surface area contributed by atoms with Crippen LogP contribution in [0, 0.1) is 0 Å². The first-order valence-electron chi connectivity index (χ1n) is 19.6. The molecule has 0 spiro atoms. The fraction of sp³-hybridized carbons (Fsp3) is 0.318. The van der Waals surface area contributed by atoms with Gasteiger partial charge in [-0.3, -0.25) is 9.59 Å². The van der Waals surface area contributed by atoms with E-state index in [4.69, 9.17) is 0 Å². The Labute approximate surface area is 382 Å². The van der Waals surface area contributed by atoms with Crippen LogP contribution in [0.25, 0.3) is 44.8 Å². The lowest BCUT2D eigenvalue weighted by Crippen LogP contribution is -2.37. The third-order valence-electron chi connectivity index (χ3n) is 9.74. The zero-order chi connectivity index (χ0) is 46.1. The average Bonchev–Trinajstić information content (AvgIpc) is 3.72. The van der Waals surface area contributed by atoms with Gasteiger partial charge in [-0.05, 0) is 76.2 Å². The number of imidazole rings is 2. The number of carbonyl (C=O) groups excluding carboxylic acids is 2. The van der Waals surface area contributed by atoms with Crippen molar-refractivity contribution in [3.8, 4) is 22.8 Å². The van der Waals surface area contributed by atoms with Crippen molar-refractivity contribution in [2.45, 2.75) is 74.4 Å². The summed E-state index contributed by atoms with van der Waals surface area (Å²) >= 11 is 4.71. The fourth-order valence-electron chi connectivity index (χ4n) is 6.76. The van der Waals surface area contributed by atoms with Crippen LogP contribution in [0.2, 0.25) is 0 Å². The molecule has 4 aromatic carbocycles. The van der Waals surface area contributed by atoms with Crippen LogP contribution in [0.1, 0.15) is 63.8 Å². The van der Waals surface area contributed by atoms with E-state index in [9.17, 15) is 35.9 Å². The number of hydrogen-bond donors (Lipinski definition) is 1. The first-order valence-corrected chi connectivity index (χ1v) is 22.6. The maximum Gasteiger partial charge on any atom is 0.416 e. The first kappa shape index (κ1) is 47.6. The Morgan fingerprint density at radius 3 is 1.52 bits per heavy atom. The molecule has 0 saturated carbocycles. The van der Waals surface area contributed by atoms with E-state index < -0.39 is 23.5 Å². The Balaban J connectivity index is 0.000000194. The van der Waals surface area contributed by atoms with Gasteiger partial charge in [0.15, 0.2) is 0 Å². The average molecular weight is 1020 g/mol. The molecule has 63 heavy (non-hydrogen) atoms. The summed E-state index contributed by atoms with van der Waals surface area (Å²) in [4.78, 5) is 32.8. The highest BCUT2D eigenvalue weighted by atomic mass is 127. The number of carbonyl (C=O) groups is 2. The van der Waals surface area contributed by atoms with Crippen molar-refractivity contribution in [2.75, 3.05) is 0 Å². The van der Waals surface area contributed by atoms with Crippen LogP contribution in [0.5, 0.6) is 0 Å². The number of hydrogen-bond acceptors (Lipinski definition) is 8. The largest absolute Gasteiger partial charge is 0.416 e. The van der Waals surface area contributed by atoms with Gasteiger partial charge in [-0.15, -0.1) is 0 Å². The molecule has 2 atom stereocenters. The number of thioether (sulfide) groups is 2. The predicted molar refractivity (Wildman–Crippen MR) is 250 cm³/mol. The highest BCUT2D eigenvalue weighted by Crippen LogP contribution is 2.35. The summed E-state index contributed by atoms with van der Waals surface area (Å²) in [6, 6.07) is 21.4. The van der Waals surface area contributed by atoms with Crippen molar-refractivity contribution < 1.29 is 35.9 Å². The Bertz CT molecular complexity index is 2740. The van der Waals surface area contributed by atoms with Crippen LogP contribution in [0.4, 0.5) is 35.9 Å². The number of benzene rings is 4. The number of fused-ring (bicyclic) bond motifs is 2. The van der Waals surface area contributed by atoms with E-state index in [2.05, 4.69) is 62.0 Å². The van der Waals surface area contributed by atoms with E-state index in [1.54, 1.807) is 35.4 Å². The smallest absolute Gasteiger partial charge is 0.327 e. The van der Waals surface area contributed by atoms with Gasteiger partial charge in [0.05, 0.1) is 61.2 Å². The number of halogens is 7. The van der Waals surface area contributed by atoms with Crippen molar-refractivity contribution in [3.63, 3.8) is 0 Å². The van der Waals surface area contributed by atoms with Crippen LogP contribution in [-0.4, -0.2) is 66.5 Å². The van der Waals surface area contributed by atoms with Crippen molar-refractivity contribution in [1.82, 2.24) is 29.5 Å². The summed E-state index contributed by atoms with van der Waals surface area (Å²) in [5.74, 6) is 0.893. The Morgan fingerprint density at radius 2 is 1.10 bits per heavy atom. The second-order valence-corrected chi connectivity index (χ2v) is 20.3. The lowest BCUT2D eigenvalue weighted by atomic mass is 10.1. The molecule has 6 aromatic rings. The quantitative estimate of drug-likeness (QED) is 0.105. The van der Waals surface area contributed by atoms with Crippen LogP contribution in [0.3, 0.4) is 0 Å². The van der Waals surface area contributed by atoms with Crippen molar-refractivity contribution >= 4 is 90.1 Å². The molecule has 0 saturated heterocycles. The maximum absolute atomic E-state index is 13.1. The van der Waals surface area contributed by atoms with Gasteiger partial charge in [0, 0.05) is 40.3 Å². The molecule has 0 aliphatic carbocycles. The molecule has 0 radical (unpaired) electrons. The molecule has 2 aromatic heterocycles. The van der Waals surface area contributed by atoms with E-state index in [1.165, 1.54) is 28.9 Å². The Kier molecular flexibility index (Phi) is 14.4. The van der Waals surface area contributed by atoms with E-state index in [1.807, 2.05) is 64.1 Å². The third-order valence-corrected chi connectivity index (χ3v) is 11.6. The van der Waals surface area contributed by atoms with Crippen LogP contribution < -0.4 is 5.43 Å². The molecule has 2 amide bonds. The minimum absolute atomic E-state index is 0.0615. The van der Waals surface area contributed by atoms with Gasteiger partial charge in [-0.1, -0.05) is 96.4 Å².